The third-order valence-corrected chi connectivity index (χ3v) is 6.13. The molecular formula is C17H19F3N2O3S. The van der Waals surface area contributed by atoms with Crippen LogP contribution < -0.4 is 10.3 Å². The molecule has 0 radical (unpaired) electrons. The van der Waals surface area contributed by atoms with Crippen molar-refractivity contribution in [2.45, 2.75) is 55.6 Å². The van der Waals surface area contributed by atoms with E-state index in [0.29, 0.717) is 18.9 Å². The molecule has 5 nitrogen and oxygen atoms in total. The predicted molar refractivity (Wildman–Crippen MR) is 91.4 cm³/mol. The zero-order valence-corrected chi connectivity index (χ0v) is 14.7. The summed E-state index contributed by atoms with van der Waals surface area (Å²) in [5.74, 6) is 0. The van der Waals surface area contributed by atoms with E-state index in [-0.39, 0.29) is 21.8 Å². The Morgan fingerprint density at radius 3 is 2.31 bits per heavy atom. The molecule has 1 aliphatic rings. The number of benzene rings is 1. The largest absolute Gasteiger partial charge is 0.417 e. The second-order valence-corrected chi connectivity index (χ2v) is 8.28. The lowest BCUT2D eigenvalue weighted by Crippen LogP contribution is -2.34. The standard InChI is InChI=1S/C17H19F3N2O3S/c18-17(19,20)14-10-16(23)21-15-8-7-12(9-13(14)15)26(24,25)22-11-5-3-1-2-4-6-11/h7-11,22H,1-6H2,(H,21,23). The van der Waals surface area contributed by atoms with Crippen molar-refractivity contribution in [3.63, 3.8) is 0 Å². The highest BCUT2D eigenvalue weighted by Gasteiger charge is 2.34. The second kappa shape index (κ2) is 7.03. The summed E-state index contributed by atoms with van der Waals surface area (Å²) < 4.78 is 67.5. The maximum Gasteiger partial charge on any atom is 0.417 e. The number of halogens is 3. The fourth-order valence-corrected chi connectivity index (χ4v) is 4.65. The molecule has 1 aliphatic carbocycles. The zero-order chi connectivity index (χ0) is 18.9. The first-order chi connectivity index (χ1) is 12.2. The van der Waals surface area contributed by atoms with Gasteiger partial charge in [0.2, 0.25) is 15.6 Å². The molecule has 0 aliphatic heterocycles. The van der Waals surface area contributed by atoms with Crippen molar-refractivity contribution in [1.29, 1.82) is 0 Å². The summed E-state index contributed by atoms with van der Waals surface area (Å²) >= 11 is 0. The number of alkyl halides is 3. The predicted octanol–water partition coefficient (Wildman–Crippen LogP) is 3.55. The highest BCUT2D eigenvalue weighted by Crippen LogP contribution is 2.34. The normalized spacial score (nSPS) is 17.3. The highest BCUT2D eigenvalue weighted by molar-refractivity contribution is 7.89. The number of pyridine rings is 1. The van der Waals surface area contributed by atoms with Crippen molar-refractivity contribution in [2.75, 3.05) is 0 Å². The number of nitrogens with one attached hydrogen (secondary N) is 2. The van der Waals surface area contributed by atoms with Gasteiger partial charge in [-0.15, -0.1) is 0 Å². The van der Waals surface area contributed by atoms with Crippen molar-refractivity contribution >= 4 is 20.9 Å². The molecule has 0 amide bonds. The molecular weight excluding hydrogens is 369 g/mol. The zero-order valence-electron chi connectivity index (χ0n) is 13.9. The van der Waals surface area contributed by atoms with E-state index in [0.717, 1.165) is 31.7 Å². The molecule has 2 N–H and O–H groups in total. The Hall–Kier alpha value is -1.87. The molecule has 1 saturated carbocycles. The van der Waals surface area contributed by atoms with Crippen LogP contribution in [-0.2, 0) is 16.2 Å². The Kier molecular flexibility index (Phi) is 5.12. The first-order valence-corrected chi connectivity index (χ1v) is 9.92. The van der Waals surface area contributed by atoms with Crippen LogP contribution in [-0.4, -0.2) is 19.4 Å². The van der Waals surface area contributed by atoms with Crippen molar-refractivity contribution in [2.24, 2.45) is 0 Å². The van der Waals surface area contributed by atoms with Gasteiger partial charge in [-0.1, -0.05) is 25.7 Å². The van der Waals surface area contributed by atoms with E-state index in [1.165, 1.54) is 12.1 Å². The van der Waals surface area contributed by atoms with Gasteiger partial charge in [0, 0.05) is 23.0 Å². The number of hydrogen-bond acceptors (Lipinski definition) is 3. The minimum absolute atomic E-state index is 0.0572. The summed E-state index contributed by atoms with van der Waals surface area (Å²) in [6, 6.07) is 3.59. The van der Waals surface area contributed by atoms with Gasteiger partial charge >= 0.3 is 6.18 Å². The fourth-order valence-electron chi connectivity index (χ4n) is 3.32. The molecule has 0 atom stereocenters. The third kappa shape index (κ3) is 4.09. The lowest BCUT2D eigenvalue weighted by Gasteiger charge is -2.17. The SMILES string of the molecule is O=c1cc(C(F)(F)F)c2cc(S(=O)(=O)NC3CCCCCC3)ccc2[nH]1. The Morgan fingerprint density at radius 1 is 1.04 bits per heavy atom. The molecule has 0 unspecified atom stereocenters. The Labute approximate surface area is 148 Å². The van der Waals surface area contributed by atoms with Gasteiger partial charge in [-0.25, -0.2) is 13.1 Å². The van der Waals surface area contributed by atoms with Gasteiger partial charge in [-0.3, -0.25) is 4.79 Å². The second-order valence-electron chi connectivity index (χ2n) is 6.56. The van der Waals surface area contributed by atoms with Gasteiger partial charge in [0.1, 0.15) is 0 Å². The van der Waals surface area contributed by atoms with Crippen LogP contribution in [0.25, 0.3) is 10.9 Å². The summed E-state index contributed by atoms with van der Waals surface area (Å²) in [6.45, 7) is 0. The van der Waals surface area contributed by atoms with Crippen LogP contribution in [0.15, 0.2) is 34.0 Å². The molecule has 2 aromatic rings. The van der Waals surface area contributed by atoms with E-state index in [9.17, 15) is 26.4 Å². The van der Waals surface area contributed by atoms with Gasteiger partial charge in [0.25, 0.3) is 0 Å². The number of aromatic amines is 1. The average molecular weight is 388 g/mol. The Morgan fingerprint density at radius 2 is 1.69 bits per heavy atom. The number of fused-ring (bicyclic) bond motifs is 1. The summed E-state index contributed by atoms with van der Waals surface area (Å²) in [4.78, 5) is 13.5. The summed E-state index contributed by atoms with van der Waals surface area (Å²) in [5, 5.41) is -0.346. The lowest BCUT2D eigenvalue weighted by molar-refractivity contribution is -0.136. The summed E-state index contributed by atoms with van der Waals surface area (Å²) in [5.41, 5.74) is -2.10. The lowest BCUT2D eigenvalue weighted by atomic mass is 10.1. The molecule has 1 aromatic heterocycles. The maximum absolute atomic E-state index is 13.2. The van der Waals surface area contributed by atoms with Crippen LogP contribution in [0, 0.1) is 0 Å². The average Bonchev–Trinajstić information content (AvgIpc) is 2.80. The molecule has 142 valence electrons. The number of H-pyrrole nitrogens is 1. The Balaban J connectivity index is 2.02. The van der Waals surface area contributed by atoms with Crippen molar-refractivity contribution in [1.82, 2.24) is 9.71 Å². The fraction of sp³-hybridized carbons (Fsp3) is 0.471. The maximum atomic E-state index is 13.2. The van der Waals surface area contributed by atoms with Crippen LogP contribution in [0.2, 0.25) is 0 Å². The van der Waals surface area contributed by atoms with E-state index in [1.807, 2.05) is 0 Å². The molecule has 0 spiro atoms. The molecule has 3 rings (SSSR count). The van der Waals surface area contributed by atoms with Crippen LogP contribution in [0.3, 0.4) is 0 Å². The van der Waals surface area contributed by atoms with Gasteiger partial charge in [-0.2, -0.15) is 13.2 Å². The summed E-state index contributed by atoms with van der Waals surface area (Å²) in [6.07, 6.45) is 0.618. The van der Waals surface area contributed by atoms with E-state index in [2.05, 4.69) is 9.71 Å². The molecule has 1 fully saturated rings. The topological polar surface area (TPSA) is 79.0 Å². The number of sulfonamides is 1. The number of hydrogen-bond donors (Lipinski definition) is 2. The number of rotatable bonds is 3. The minimum atomic E-state index is -4.76. The Bertz CT molecular complexity index is 959. The van der Waals surface area contributed by atoms with Crippen molar-refractivity contribution < 1.29 is 21.6 Å². The smallest absolute Gasteiger partial charge is 0.322 e. The molecule has 26 heavy (non-hydrogen) atoms. The van der Waals surface area contributed by atoms with E-state index >= 15 is 0 Å². The van der Waals surface area contributed by atoms with Gasteiger partial charge in [0.15, 0.2) is 0 Å². The molecule has 9 heteroatoms. The molecule has 0 saturated heterocycles. The van der Waals surface area contributed by atoms with Crippen LogP contribution in [0.1, 0.15) is 44.1 Å². The van der Waals surface area contributed by atoms with Gasteiger partial charge in [-0.05, 0) is 31.0 Å². The van der Waals surface area contributed by atoms with Crippen LogP contribution >= 0.6 is 0 Å². The quantitative estimate of drug-likeness (QED) is 0.790. The van der Waals surface area contributed by atoms with Crippen LogP contribution in [0.5, 0.6) is 0 Å². The minimum Gasteiger partial charge on any atom is -0.322 e. The molecule has 1 aromatic carbocycles. The highest BCUT2D eigenvalue weighted by atomic mass is 32.2. The van der Waals surface area contributed by atoms with Gasteiger partial charge in [0.05, 0.1) is 10.5 Å². The van der Waals surface area contributed by atoms with E-state index in [4.69, 9.17) is 0 Å². The third-order valence-electron chi connectivity index (χ3n) is 4.61. The first-order valence-electron chi connectivity index (χ1n) is 8.43. The summed E-state index contributed by atoms with van der Waals surface area (Å²) in [7, 11) is -3.95. The first kappa shape index (κ1) is 18.9. The van der Waals surface area contributed by atoms with Gasteiger partial charge < -0.3 is 4.98 Å². The van der Waals surface area contributed by atoms with Crippen molar-refractivity contribution in [3.05, 3.63) is 40.2 Å². The monoisotopic (exact) mass is 388 g/mol. The van der Waals surface area contributed by atoms with E-state index in [1.54, 1.807) is 0 Å². The van der Waals surface area contributed by atoms with Crippen LogP contribution in [0.4, 0.5) is 13.2 Å². The molecule has 0 bridgehead atoms. The van der Waals surface area contributed by atoms with Crippen molar-refractivity contribution in [3.8, 4) is 0 Å². The van der Waals surface area contributed by atoms with E-state index < -0.39 is 27.3 Å². The molecule has 1 heterocycles. The number of aromatic nitrogens is 1.